The molecular weight excluding hydrogens is 364 g/mol. The van der Waals surface area contributed by atoms with Crippen molar-refractivity contribution in [1.82, 2.24) is 10.2 Å². The molecule has 0 aliphatic rings. The minimum absolute atomic E-state index is 0.0140. The molecule has 0 saturated carbocycles. The Morgan fingerprint density at radius 3 is 2.61 bits per heavy atom. The average Bonchev–Trinajstić information content (AvgIpc) is 2.75. The molecule has 4 heteroatoms. The van der Waals surface area contributed by atoms with Crippen LogP contribution in [0.2, 0.25) is 0 Å². The zero-order valence-corrected chi connectivity index (χ0v) is 17.5. The molecule has 0 fully saturated rings. The summed E-state index contributed by atoms with van der Waals surface area (Å²) in [5.41, 5.74) is 2.05. The van der Waals surface area contributed by atoms with Crippen LogP contribution in [0.1, 0.15) is 29.3 Å². The lowest BCUT2D eigenvalue weighted by atomic mass is 10.1. The smallest absolute Gasteiger partial charge is 0.252 e. The highest BCUT2D eigenvalue weighted by Gasteiger charge is 2.11. The van der Waals surface area contributed by atoms with E-state index in [1.54, 1.807) is 11.8 Å². The van der Waals surface area contributed by atoms with Crippen molar-refractivity contribution in [3.63, 3.8) is 0 Å². The highest BCUT2D eigenvalue weighted by Crippen LogP contribution is 2.29. The van der Waals surface area contributed by atoms with Gasteiger partial charge in [-0.05, 0) is 55.0 Å². The zero-order chi connectivity index (χ0) is 19.8. The molecule has 3 rings (SSSR count). The number of hydrogen-bond acceptors (Lipinski definition) is 3. The summed E-state index contributed by atoms with van der Waals surface area (Å²) in [7, 11) is 2.10. The maximum atomic E-state index is 12.7. The molecule has 0 aliphatic heterocycles. The van der Waals surface area contributed by atoms with E-state index in [0.717, 1.165) is 35.7 Å². The highest BCUT2D eigenvalue weighted by molar-refractivity contribution is 7.98. The van der Waals surface area contributed by atoms with Gasteiger partial charge in [0.2, 0.25) is 0 Å². The van der Waals surface area contributed by atoms with Crippen molar-refractivity contribution in [3.8, 4) is 0 Å². The largest absolute Gasteiger partial charge is 0.352 e. The van der Waals surface area contributed by atoms with Crippen molar-refractivity contribution in [2.24, 2.45) is 0 Å². The second-order valence-corrected chi connectivity index (χ2v) is 7.95. The predicted octanol–water partition coefficient (Wildman–Crippen LogP) is 5.20. The number of rotatable bonds is 9. The van der Waals surface area contributed by atoms with Crippen molar-refractivity contribution in [2.45, 2.75) is 24.0 Å². The molecule has 0 aromatic heterocycles. The van der Waals surface area contributed by atoms with Crippen LogP contribution in [0.25, 0.3) is 10.8 Å². The number of fused-ring (bicyclic) bond motifs is 1. The van der Waals surface area contributed by atoms with Gasteiger partial charge in [-0.1, -0.05) is 61.5 Å². The molecule has 146 valence electrons. The van der Waals surface area contributed by atoms with Crippen LogP contribution in [-0.4, -0.2) is 37.5 Å². The van der Waals surface area contributed by atoms with Gasteiger partial charge in [0, 0.05) is 17.2 Å². The first-order chi connectivity index (χ1) is 13.7. The first-order valence-corrected chi connectivity index (χ1v) is 10.8. The minimum atomic E-state index is 0.0140. The van der Waals surface area contributed by atoms with E-state index in [1.165, 1.54) is 16.3 Å². The monoisotopic (exact) mass is 392 g/mol. The lowest BCUT2D eigenvalue weighted by Crippen LogP contribution is -2.28. The third-order valence-electron chi connectivity index (χ3n) is 4.94. The van der Waals surface area contributed by atoms with Crippen molar-refractivity contribution in [1.29, 1.82) is 0 Å². The normalized spacial score (nSPS) is 11.1. The van der Waals surface area contributed by atoms with Gasteiger partial charge in [-0.2, -0.15) is 0 Å². The van der Waals surface area contributed by atoms with Crippen LogP contribution >= 0.6 is 11.8 Å². The molecule has 0 bridgehead atoms. The molecule has 0 heterocycles. The lowest BCUT2D eigenvalue weighted by molar-refractivity contribution is 0.0949. The summed E-state index contributed by atoms with van der Waals surface area (Å²) in [6.07, 6.45) is 0.960. The van der Waals surface area contributed by atoms with E-state index in [9.17, 15) is 4.79 Å². The van der Waals surface area contributed by atoms with Gasteiger partial charge in [-0.25, -0.2) is 0 Å². The summed E-state index contributed by atoms with van der Waals surface area (Å²) in [5.74, 6) is 0.854. The summed E-state index contributed by atoms with van der Waals surface area (Å²) >= 11 is 1.72. The van der Waals surface area contributed by atoms with Crippen molar-refractivity contribution >= 4 is 28.4 Å². The Bertz CT molecular complexity index is 920. The standard InChI is InChI=1S/C24H28N2OS/c1-3-26(2)17-9-16-25-24(27)22-14-6-7-15-23(22)28-18-20-12-8-11-19-10-4-5-13-21(19)20/h4-8,10-15H,3,9,16-18H2,1-2H3,(H,25,27). The van der Waals surface area contributed by atoms with Gasteiger partial charge in [0.15, 0.2) is 0 Å². The number of hydrogen-bond donors (Lipinski definition) is 1. The molecule has 1 amide bonds. The minimum Gasteiger partial charge on any atom is -0.352 e. The van der Waals surface area contributed by atoms with E-state index in [1.807, 2.05) is 24.3 Å². The van der Waals surface area contributed by atoms with Crippen molar-refractivity contribution in [3.05, 3.63) is 77.9 Å². The molecule has 28 heavy (non-hydrogen) atoms. The van der Waals surface area contributed by atoms with Gasteiger partial charge in [-0.15, -0.1) is 11.8 Å². The Morgan fingerprint density at radius 1 is 1.00 bits per heavy atom. The van der Waals surface area contributed by atoms with E-state index in [-0.39, 0.29) is 5.91 Å². The number of benzene rings is 3. The van der Waals surface area contributed by atoms with Crippen LogP contribution in [0.5, 0.6) is 0 Å². The molecule has 1 N–H and O–H groups in total. The molecule has 0 spiro atoms. The fourth-order valence-corrected chi connectivity index (χ4v) is 4.21. The molecule has 3 aromatic rings. The Morgan fingerprint density at radius 2 is 1.75 bits per heavy atom. The predicted molar refractivity (Wildman–Crippen MR) is 120 cm³/mol. The van der Waals surface area contributed by atoms with Crippen LogP contribution in [0.3, 0.4) is 0 Å². The van der Waals surface area contributed by atoms with Crippen LogP contribution < -0.4 is 5.32 Å². The third kappa shape index (κ3) is 5.37. The second kappa shape index (κ2) is 10.3. The Hall–Kier alpha value is -2.30. The maximum absolute atomic E-state index is 12.7. The van der Waals surface area contributed by atoms with Crippen LogP contribution in [0.4, 0.5) is 0 Å². The molecule has 0 saturated heterocycles. The van der Waals surface area contributed by atoms with Crippen LogP contribution in [0, 0.1) is 0 Å². The number of nitrogens with one attached hydrogen (secondary N) is 1. The fourth-order valence-electron chi connectivity index (χ4n) is 3.16. The summed E-state index contributed by atoms with van der Waals surface area (Å²) in [5, 5.41) is 5.60. The van der Waals surface area contributed by atoms with Crippen LogP contribution in [-0.2, 0) is 5.75 Å². The lowest BCUT2D eigenvalue weighted by Gasteiger charge is -2.14. The van der Waals surface area contributed by atoms with Gasteiger partial charge >= 0.3 is 0 Å². The van der Waals surface area contributed by atoms with Gasteiger partial charge < -0.3 is 10.2 Å². The quantitative estimate of drug-likeness (QED) is 0.401. The molecule has 0 unspecified atom stereocenters. The van der Waals surface area contributed by atoms with E-state index in [4.69, 9.17) is 0 Å². The van der Waals surface area contributed by atoms with E-state index in [2.05, 4.69) is 66.7 Å². The number of thioether (sulfide) groups is 1. The van der Waals surface area contributed by atoms with E-state index in [0.29, 0.717) is 6.54 Å². The number of nitrogens with zero attached hydrogens (tertiary/aromatic N) is 1. The number of carbonyl (C=O) groups is 1. The summed E-state index contributed by atoms with van der Waals surface area (Å²) in [4.78, 5) is 15.9. The molecule has 0 atom stereocenters. The third-order valence-corrected chi connectivity index (χ3v) is 6.06. The van der Waals surface area contributed by atoms with Crippen LogP contribution in [0.15, 0.2) is 71.6 Å². The summed E-state index contributed by atoms with van der Waals surface area (Å²) in [6, 6.07) is 22.7. The second-order valence-electron chi connectivity index (χ2n) is 6.93. The maximum Gasteiger partial charge on any atom is 0.252 e. The summed E-state index contributed by atoms with van der Waals surface area (Å²) < 4.78 is 0. The number of carbonyl (C=O) groups excluding carboxylic acids is 1. The first kappa shape index (κ1) is 20.4. The van der Waals surface area contributed by atoms with Crippen molar-refractivity contribution < 1.29 is 4.79 Å². The highest BCUT2D eigenvalue weighted by atomic mass is 32.2. The topological polar surface area (TPSA) is 32.3 Å². The van der Waals surface area contributed by atoms with E-state index < -0.39 is 0 Å². The Kier molecular flexibility index (Phi) is 7.52. The SMILES string of the molecule is CCN(C)CCCNC(=O)c1ccccc1SCc1cccc2ccccc12. The van der Waals surface area contributed by atoms with Crippen molar-refractivity contribution in [2.75, 3.05) is 26.7 Å². The molecule has 0 aliphatic carbocycles. The van der Waals surface area contributed by atoms with Gasteiger partial charge in [0.05, 0.1) is 5.56 Å². The molecule has 0 radical (unpaired) electrons. The fraction of sp³-hybridized carbons (Fsp3) is 0.292. The average molecular weight is 393 g/mol. The Balaban J connectivity index is 1.64. The zero-order valence-electron chi connectivity index (χ0n) is 16.7. The van der Waals surface area contributed by atoms with Gasteiger partial charge in [0.25, 0.3) is 5.91 Å². The molecular formula is C24H28N2OS. The molecule has 3 aromatic carbocycles. The molecule has 3 nitrogen and oxygen atoms in total. The van der Waals surface area contributed by atoms with Gasteiger partial charge in [0.1, 0.15) is 0 Å². The summed E-state index contributed by atoms with van der Waals surface area (Å²) in [6.45, 7) is 4.86. The number of amides is 1. The van der Waals surface area contributed by atoms with Gasteiger partial charge in [-0.3, -0.25) is 4.79 Å². The first-order valence-electron chi connectivity index (χ1n) is 9.84. The van der Waals surface area contributed by atoms with E-state index >= 15 is 0 Å². The Labute approximate surface area is 172 Å².